The number of likely N-dealkylation sites (N-methyl/N-ethyl adjacent to an activating group) is 1. The Hall–Kier alpha value is -1.40. The van der Waals surface area contributed by atoms with Crippen molar-refractivity contribution in [3.05, 3.63) is 18.2 Å². The van der Waals surface area contributed by atoms with Crippen LogP contribution in [-0.2, 0) is 7.05 Å². The van der Waals surface area contributed by atoms with Crippen LogP contribution in [0.3, 0.4) is 0 Å². The Morgan fingerprint density at radius 3 is 2.88 bits per heavy atom. The fraction of sp³-hybridized carbons (Fsp3) is 0.636. The van der Waals surface area contributed by atoms with Crippen molar-refractivity contribution in [3.63, 3.8) is 0 Å². The fourth-order valence-corrected chi connectivity index (χ4v) is 2.19. The van der Waals surface area contributed by atoms with Gasteiger partial charge < -0.3 is 20.1 Å². The van der Waals surface area contributed by atoms with E-state index < -0.39 is 0 Å². The van der Waals surface area contributed by atoms with Gasteiger partial charge in [0.15, 0.2) is 0 Å². The second kappa shape index (κ2) is 4.85. The maximum atomic E-state index is 12.3. The summed E-state index contributed by atoms with van der Waals surface area (Å²) < 4.78 is 1.74. The summed E-state index contributed by atoms with van der Waals surface area (Å²) in [5.41, 5.74) is 6.36. The average molecular weight is 237 g/mol. The number of imidazole rings is 1. The number of aromatic nitrogens is 2. The van der Waals surface area contributed by atoms with E-state index in [4.69, 9.17) is 5.73 Å². The van der Waals surface area contributed by atoms with Gasteiger partial charge in [-0.1, -0.05) is 0 Å². The van der Waals surface area contributed by atoms with E-state index in [1.165, 1.54) is 0 Å². The molecular formula is C11H19N5O. The largest absolute Gasteiger partial charge is 0.330 e. The summed E-state index contributed by atoms with van der Waals surface area (Å²) in [5.74, 6) is 0.0218. The molecule has 6 nitrogen and oxygen atoms in total. The lowest BCUT2D eigenvalue weighted by molar-refractivity contribution is 0.0506. The number of nitrogens with zero attached hydrogens (tertiary/aromatic N) is 4. The molecule has 1 amide bonds. The Balaban J connectivity index is 2.16. The van der Waals surface area contributed by atoms with Crippen LogP contribution < -0.4 is 5.73 Å². The number of hydrogen-bond acceptors (Lipinski definition) is 4. The summed E-state index contributed by atoms with van der Waals surface area (Å²) in [5, 5.41) is 0. The van der Waals surface area contributed by atoms with Gasteiger partial charge in [-0.25, -0.2) is 4.98 Å². The van der Waals surface area contributed by atoms with Gasteiger partial charge in [0.2, 0.25) is 0 Å². The van der Waals surface area contributed by atoms with Crippen molar-refractivity contribution in [1.29, 1.82) is 0 Å². The van der Waals surface area contributed by atoms with Crippen LogP contribution in [0.5, 0.6) is 0 Å². The summed E-state index contributed by atoms with van der Waals surface area (Å²) in [4.78, 5) is 20.4. The van der Waals surface area contributed by atoms with Gasteiger partial charge in [-0.2, -0.15) is 0 Å². The molecule has 1 aromatic heterocycles. The van der Waals surface area contributed by atoms with Gasteiger partial charge in [0.05, 0.1) is 18.6 Å². The van der Waals surface area contributed by atoms with Gasteiger partial charge >= 0.3 is 0 Å². The molecule has 0 aromatic carbocycles. The maximum absolute atomic E-state index is 12.3. The number of hydrogen-bond donors (Lipinski definition) is 1. The highest BCUT2D eigenvalue weighted by Gasteiger charge is 2.29. The van der Waals surface area contributed by atoms with Crippen LogP contribution in [0.2, 0.25) is 0 Å². The molecule has 1 aliphatic rings. The molecule has 1 aromatic rings. The highest BCUT2D eigenvalue weighted by molar-refractivity contribution is 5.92. The summed E-state index contributed by atoms with van der Waals surface area (Å²) in [6.45, 7) is 2.94. The summed E-state index contributed by atoms with van der Waals surface area (Å²) in [6, 6.07) is 0.0937. The molecule has 1 unspecified atom stereocenters. The van der Waals surface area contributed by atoms with E-state index in [-0.39, 0.29) is 11.9 Å². The van der Waals surface area contributed by atoms with Gasteiger partial charge in [-0.15, -0.1) is 0 Å². The minimum Gasteiger partial charge on any atom is -0.330 e. The molecule has 17 heavy (non-hydrogen) atoms. The molecule has 2 heterocycles. The van der Waals surface area contributed by atoms with Crippen molar-refractivity contribution < 1.29 is 4.79 Å². The zero-order valence-corrected chi connectivity index (χ0v) is 10.3. The van der Waals surface area contributed by atoms with Crippen molar-refractivity contribution in [1.82, 2.24) is 19.4 Å². The van der Waals surface area contributed by atoms with Gasteiger partial charge in [-0.3, -0.25) is 4.79 Å². The molecule has 1 saturated heterocycles. The normalized spacial score (nSPS) is 21.8. The van der Waals surface area contributed by atoms with Crippen LogP contribution in [0.25, 0.3) is 0 Å². The molecule has 1 fully saturated rings. The minimum absolute atomic E-state index is 0.0218. The monoisotopic (exact) mass is 237 g/mol. The third kappa shape index (κ3) is 2.32. The summed E-state index contributed by atoms with van der Waals surface area (Å²) >= 11 is 0. The Kier molecular flexibility index (Phi) is 3.44. The van der Waals surface area contributed by atoms with Crippen molar-refractivity contribution in [3.8, 4) is 0 Å². The zero-order valence-electron chi connectivity index (χ0n) is 10.3. The van der Waals surface area contributed by atoms with Crippen LogP contribution in [0, 0.1) is 0 Å². The SMILES string of the molecule is CN1CCN(C(=O)c2cncn2C)C(CN)C1. The summed E-state index contributed by atoms with van der Waals surface area (Å²) in [6.07, 6.45) is 3.25. The number of piperazine rings is 1. The van der Waals surface area contributed by atoms with Gasteiger partial charge in [0, 0.05) is 33.2 Å². The number of nitrogens with two attached hydrogens (primary N) is 1. The van der Waals surface area contributed by atoms with Crippen LogP contribution >= 0.6 is 0 Å². The second-order valence-corrected chi connectivity index (χ2v) is 4.54. The Labute approximate surface area is 101 Å². The van der Waals surface area contributed by atoms with Gasteiger partial charge in [-0.05, 0) is 7.05 Å². The first-order valence-electron chi connectivity index (χ1n) is 5.79. The second-order valence-electron chi connectivity index (χ2n) is 4.54. The lowest BCUT2D eigenvalue weighted by Crippen LogP contribution is -2.57. The number of rotatable bonds is 2. The molecule has 2 N–H and O–H groups in total. The Morgan fingerprint density at radius 2 is 2.29 bits per heavy atom. The molecule has 1 aliphatic heterocycles. The number of amides is 1. The third-order valence-electron chi connectivity index (χ3n) is 3.25. The molecule has 2 rings (SSSR count). The van der Waals surface area contributed by atoms with E-state index in [9.17, 15) is 4.79 Å². The molecular weight excluding hydrogens is 218 g/mol. The number of carbonyl (C=O) groups excluding carboxylic acids is 1. The molecule has 0 radical (unpaired) electrons. The van der Waals surface area contributed by atoms with Gasteiger partial charge in [0.1, 0.15) is 5.69 Å². The maximum Gasteiger partial charge on any atom is 0.272 e. The van der Waals surface area contributed by atoms with Crippen molar-refractivity contribution in [2.75, 3.05) is 33.2 Å². The average Bonchev–Trinajstić information content (AvgIpc) is 2.74. The first-order chi connectivity index (χ1) is 8.13. The molecule has 0 saturated carbocycles. The predicted molar refractivity (Wildman–Crippen MR) is 64.6 cm³/mol. The van der Waals surface area contributed by atoms with E-state index in [1.54, 1.807) is 17.1 Å². The van der Waals surface area contributed by atoms with Crippen LogP contribution in [-0.4, -0.2) is 64.5 Å². The minimum atomic E-state index is 0.0218. The summed E-state index contributed by atoms with van der Waals surface area (Å²) in [7, 11) is 3.88. The highest BCUT2D eigenvalue weighted by atomic mass is 16.2. The zero-order chi connectivity index (χ0) is 12.4. The predicted octanol–water partition coefficient (Wildman–Crippen LogP) is -0.865. The van der Waals surface area contributed by atoms with E-state index in [2.05, 4.69) is 16.9 Å². The van der Waals surface area contributed by atoms with Crippen LogP contribution in [0.1, 0.15) is 10.5 Å². The lowest BCUT2D eigenvalue weighted by atomic mass is 10.1. The Morgan fingerprint density at radius 1 is 1.53 bits per heavy atom. The fourth-order valence-electron chi connectivity index (χ4n) is 2.19. The molecule has 94 valence electrons. The lowest BCUT2D eigenvalue weighted by Gasteiger charge is -2.39. The van der Waals surface area contributed by atoms with Crippen molar-refractivity contribution >= 4 is 5.91 Å². The number of carbonyl (C=O) groups is 1. The van der Waals surface area contributed by atoms with Gasteiger partial charge in [0.25, 0.3) is 5.91 Å². The topological polar surface area (TPSA) is 67.4 Å². The van der Waals surface area contributed by atoms with Crippen LogP contribution in [0.15, 0.2) is 12.5 Å². The van der Waals surface area contributed by atoms with E-state index in [0.29, 0.717) is 12.2 Å². The van der Waals surface area contributed by atoms with Crippen molar-refractivity contribution in [2.45, 2.75) is 6.04 Å². The smallest absolute Gasteiger partial charge is 0.272 e. The molecule has 6 heteroatoms. The van der Waals surface area contributed by atoms with Crippen LogP contribution in [0.4, 0.5) is 0 Å². The van der Waals surface area contributed by atoms with E-state index in [1.807, 2.05) is 11.9 Å². The molecule has 0 aliphatic carbocycles. The molecule has 1 atom stereocenters. The van der Waals surface area contributed by atoms with E-state index in [0.717, 1.165) is 19.6 Å². The molecule has 0 bridgehead atoms. The van der Waals surface area contributed by atoms with E-state index >= 15 is 0 Å². The number of aryl methyl sites for hydroxylation is 1. The first-order valence-corrected chi connectivity index (χ1v) is 5.79. The quantitative estimate of drug-likeness (QED) is 0.726. The van der Waals surface area contributed by atoms with Crippen molar-refractivity contribution in [2.24, 2.45) is 12.8 Å². The third-order valence-corrected chi connectivity index (χ3v) is 3.25. The first kappa shape index (κ1) is 12.1. The molecule has 0 spiro atoms. The Bertz CT molecular complexity index is 402. The highest BCUT2D eigenvalue weighted by Crippen LogP contribution is 2.12. The standard InChI is InChI=1S/C11H19N5O/c1-14-3-4-16(9(5-12)7-14)11(17)10-6-13-8-15(10)2/h6,8-9H,3-5,7,12H2,1-2H3.